The van der Waals surface area contributed by atoms with Crippen LogP contribution in [0.4, 0.5) is 0 Å². The van der Waals surface area contributed by atoms with E-state index < -0.39 is 0 Å². The molecule has 1 saturated heterocycles. The van der Waals surface area contributed by atoms with Crippen LogP contribution in [0.2, 0.25) is 0 Å². The summed E-state index contributed by atoms with van der Waals surface area (Å²) in [6.45, 7) is 9.04. The van der Waals surface area contributed by atoms with Gasteiger partial charge in [-0.1, -0.05) is 20.8 Å². The van der Waals surface area contributed by atoms with Crippen molar-refractivity contribution in [2.75, 3.05) is 26.7 Å². The van der Waals surface area contributed by atoms with E-state index in [9.17, 15) is 4.79 Å². The predicted octanol–water partition coefficient (Wildman–Crippen LogP) is 1.78. The lowest BCUT2D eigenvalue weighted by Crippen LogP contribution is -2.40. The molecular formula is C15H26N4O. The molecule has 0 saturated carbocycles. The van der Waals surface area contributed by atoms with E-state index >= 15 is 0 Å². The molecule has 0 aliphatic carbocycles. The number of carbonyl (C=O) groups excluding carboxylic acids is 1. The highest BCUT2D eigenvalue weighted by Gasteiger charge is 2.26. The van der Waals surface area contributed by atoms with E-state index in [1.54, 1.807) is 0 Å². The number of hydrogen-bond acceptors (Lipinski definition) is 3. The summed E-state index contributed by atoms with van der Waals surface area (Å²) in [5.74, 6) is 0.744. The number of nitrogens with one attached hydrogen (secondary N) is 2. The Labute approximate surface area is 121 Å². The average Bonchev–Trinajstić information content (AvgIpc) is 2.89. The van der Waals surface area contributed by atoms with Gasteiger partial charge in [-0.05, 0) is 38.4 Å². The monoisotopic (exact) mass is 278 g/mol. The second kappa shape index (κ2) is 5.95. The van der Waals surface area contributed by atoms with Gasteiger partial charge in [0.1, 0.15) is 5.69 Å². The molecule has 1 aliphatic rings. The van der Waals surface area contributed by atoms with Gasteiger partial charge in [0.25, 0.3) is 5.91 Å². The molecule has 0 spiro atoms. The van der Waals surface area contributed by atoms with Crippen molar-refractivity contribution in [1.29, 1.82) is 0 Å². The summed E-state index contributed by atoms with van der Waals surface area (Å²) < 4.78 is 0. The molecule has 0 aromatic carbocycles. The van der Waals surface area contributed by atoms with Crippen LogP contribution < -0.4 is 5.32 Å². The Balaban J connectivity index is 1.97. The van der Waals surface area contributed by atoms with Crippen LogP contribution in [0, 0.1) is 5.92 Å². The molecule has 1 aromatic heterocycles. The minimum Gasteiger partial charge on any atom is -0.337 e. The fraction of sp³-hybridized carbons (Fsp3) is 0.733. The zero-order chi connectivity index (χ0) is 14.8. The highest BCUT2D eigenvalue weighted by Crippen LogP contribution is 2.22. The Morgan fingerprint density at radius 3 is 2.60 bits per heavy atom. The van der Waals surface area contributed by atoms with Crippen molar-refractivity contribution in [3.05, 3.63) is 17.5 Å². The Hall–Kier alpha value is -1.36. The minimum absolute atomic E-state index is 0.00861. The molecule has 2 rings (SSSR count). The summed E-state index contributed by atoms with van der Waals surface area (Å²) in [6.07, 6.45) is 2.15. The van der Waals surface area contributed by atoms with Crippen LogP contribution in [0.5, 0.6) is 0 Å². The topological polar surface area (TPSA) is 61.0 Å². The molecule has 112 valence electrons. The maximum Gasteiger partial charge on any atom is 0.274 e. The van der Waals surface area contributed by atoms with Gasteiger partial charge in [0, 0.05) is 24.2 Å². The maximum absolute atomic E-state index is 12.4. The molecule has 0 atom stereocenters. The fourth-order valence-corrected chi connectivity index (χ4v) is 2.61. The highest BCUT2D eigenvalue weighted by molar-refractivity contribution is 5.92. The molecule has 2 heterocycles. The van der Waals surface area contributed by atoms with E-state index in [-0.39, 0.29) is 11.3 Å². The summed E-state index contributed by atoms with van der Waals surface area (Å²) in [4.78, 5) is 14.4. The number of piperidine rings is 1. The lowest BCUT2D eigenvalue weighted by molar-refractivity contribution is 0.0685. The zero-order valence-electron chi connectivity index (χ0n) is 13.0. The van der Waals surface area contributed by atoms with Crippen LogP contribution in [-0.2, 0) is 5.41 Å². The number of carbonyl (C=O) groups is 1. The molecular weight excluding hydrogens is 252 g/mol. The van der Waals surface area contributed by atoms with Crippen LogP contribution in [0.15, 0.2) is 6.07 Å². The molecule has 1 aromatic rings. The van der Waals surface area contributed by atoms with Crippen molar-refractivity contribution in [1.82, 2.24) is 20.4 Å². The maximum atomic E-state index is 12.4. The number of rotatable bonds is 3. The van der Waals surface area contributed by atoms with Crippen LogP contribution >= 0.6 is 0 Å². The summed E-state index contributed by atoms with van der Waals surface area (Å²) in [5.41, 5.74) is 1.54. The van der Waals surface area contributed by atoms with Gasteiger partial charge in [-0.25, -0.2) is 0 Å². The number of hydrogen-bond donors (Lipinski definition) is 2. The Bertz CT molecular complexity index is 453. The first-order chi connectivity index (χ1) is 9.41. The molecule has 1 aliphatic heterocycles. The van der Waals surface area contributed by atoms with Crippen molar-refractivity contribution < 1.29 is 4.79 Å². The van der Waals surface area contributed by atoms with Crippen LogP contribution in [0.1, 0.15) is 49.8 Å². The molecule has 0 unspecified atom stereocenters. The van der Waals surface area contributed by atoms with Gasteiger partial charge < -0.3 is 10.2 Å². The number of likely N-dealkylation sites (tertiary alicyclic amines) is 1. The third-order valence-electron chi connectivity index (χ3n) is 4.00. The molecule has 5 nitrogen and oxygen atoms in total. The second-order valence-electron chi connectivity index (χ2n) is 6.71. The largest absolute Gasteiger partial charge is 0.337 e. The number of nitrogens with zero attached hydrogens (tertiary/aromatic N) is 2. The summed E-state index contributed by atoms with van der Waals surface area (Å²) in [7, 11) is 1.98. The van der Waals surface area contributed by atoms with Crippen molar-refractivity contribution in [2.24, 2.45) is 5.92 Å². The van der Waals surface area contributed by atoms with Gasteiger partial charge in [0.2, 0.25) is 0 Å². The quantitative estimate of drug-likeness (QED) is 0.886. The van der Waals surface area contributed by atoms with Crippen molar-refractivity contribution in [2.45, 2.75) is 39.0 Å². The van der Waals surface area contributed by atoms with Gasteiger partial charge in [-0.3, -0.25) is 9.89 Å². The number of H-pyrrole nitrogens is 1. The van der Waals surface area contributed by atoms with Gasteiger partial charge >= 0.3 is 0 Å². The second-order valence-corrected chi connectivity index (χ2v) is 6.71. The van der Waals surface area contributed by atoms with Crippen molar-refractivity contribution in [3.8, 4) is 0 Å². The fourth-order valence-electron chi connectivity index (χ4n) is 2.61. The first-order valence-corrected chi connectivity index (χ1v) is 7.41. The molecule has 5 heteroatoms. The Morgan fingerprint density at radius 1 is 1.45 bits per heavy atom. The first-order valence-electron chi connectivity index (χ1n) is 7.41. The summed E-state index contributed by atoms with van der Waals surface area (Å²) in [5, 5.41) is 10.4. The normalized spacial score (nSPS) is 17.5. The molecule has 2 N–H and O–H groups in total. The van der Waals surface area contributed by atoms with Gasteiger partial charge in [-0.15, -0.1) is 0 Å². The van der Waals surface area contributed by atoms with Crippen LogP contribution in [0.3, 0.4) is 0 Å². The lowest BCUT2D eigenvalue weighted by Gasteiger charge is -2.31. The van der Waals surface area contributed by atoms with Gasteiger partial charge in [0.15, 0.2) is 0 Å². The Morgan fingerprint density at radius 2 is 2.10 bits per heavy atom. The minimum atomic E-state index is -0.00861. The SMILES string of the molecule is CNCC1CCN(C(=O)c2cc(C(C)(C)C)[nH]n2)CC1. The smallest absolute Gasteiger partial charge is 0.274 e. The highest BCUT2D eigenvalue weighted by atomic mass is 16.2. The third-order valence-corrected chi connectivity index (χ3v) is 4.00. The molecule has 20 heavy (non-hydrogen) atoms. The van der Waals surface area contributed by atoms with E-state index in [4.69, 9.17) is 0 Å². The summed E-state index contributed by atoms with van der Waals surface area (Å²) >= 11 is 0. The average molecular weight is 278 g/mol. The van der Waals surface area contributed by atoms with E-state index in [2.05, 4.69) is 36.3 Å². The zero-order valence-corrected chi connectivity index (χ0v) is 13.0. The van der Waals surface area contributed by atoms with E-state index in [0.717, 1.165) is 38.2 Å². The van der Waals surface area contributed by atoms with Crippen LogP contribution in [0.25, 0.3) is 0 Å². The molecule has 0 radical (unpaired) electrons. The molecule has 1 fully saturated rings. The summed E-state index contributed by atoms with van der Waals surface area (Å²) in [6, 6.07) is 1.89. The first kappa shape index (κ1) is 15.0. The van der Waals surface area contributed by atoms with E-state index in [0.29, 0.717) is 11.6 Å². The van der Waals surface area contributed by atoms with Gasteiger partial charge in [-0.2, -0.15) is 5.10 Å². The van der Waals surface area contributed by atoms with E-state index in [1.807, 2.05) is 18.0 Å². The van der Waals surface area contributed by atoms with Crippen molar-refractivity contribution >= 4 is 5.91 Å². The Kier molecular flexibility index (Phi) is 4.48. The predicted molar refractivity (Wildman–Crippen MR) is 79.8 cm³/mol. The van der Waals surface area contributed by atoms with Crippen LogP contribution in [-0.4, -0.2) is 47.7 Å². The number of aromatic amines is 1. The lowest BCUT2D eigenvalue weighted by atomic mass is 9.92. The van der Waals surface area contributed by atoms with E-state index in [1.165, 1.54) is 0 Å². The van der Waals surface area contributed by atoms with Gasteiger partial charge in [0.05, 0.1) is 0 Å². The third kappa shape index (κ3) is 3.39. The number of aromatic nitrogens is 2. The molecule has 1 amide bonds. The number of amides is 1. The molecule has 0 bridgehead atoms. The standard InChI is InChI=1S/C15H26N4O/c1-15(2,3)13-9-12(17-18-13)14(20)19-7-5-11(6-8-19)10-16-4/h9,11,16H,5-8,10H2,1-4H3,(H,17,18). The van der Waals surface area contributed by atoms with Crippen molar-refractivity contribution in [3.63, 3.8) is 0 Å².